The van der Waals surface area contributed by atoms with Crippen LogP contribution in [0.5, 0.6) is 5.75 Å². The van der Waals surface area contributed by atoms with Crippen LogP contribution in [-0.4, -0.2) is 29.9 Å². The third kappa shape index (κ3) is 3.97. The Hall–Kier alpha value is -1.06. The zero-order chi connectivity index (χ0) is 14.4. The van der Waals surface area contributed by atoms with Crippen LogP contribution in [0.2, 0.25) is 0 Å². The number of hydrogen-bond acceptors (Lipinski definition) is 3. The van der Waals surface area contributed by atoms with Crippen molar-refractivity contribution < 1.29 is 9.84 Å². The van der Waals surface area contributed by atoms with Gasteiger partial charge < -0.3 is 15.2 Å². The first kappa shape index (κ1) is 15.3. The molecule has 112 valence electrons. The van der Waals surface area contributed by atoms with Crippen molar-refractivity contribution in [3.05, 3.63) is 29.8 Å². The molecule has 0 amide bonds. The molecule has 0 aliphatic heterocycles. The Kier molecular flexibility index (Phi) is 5.44. The van der Waals surface area contributed by atoms with Gasteiger partial charge in [-0.25, -0.2) is 0 Å². The molecular weight excluding hydrogens is 250 g/mol. The van der Waals surface area contributed by atoms with E-state index in [0.717, 1.165) is 18.6 Å². The fourth-order valence-corrected chi connectivity index (χ4v) is 2.67. The van der Waals surface area contributed by atoms with Gasteiger partial charge in [-0.2, -0.15) is 0 Å². The molecule has 0 aromatic heterocycles. The van der Waals surface area contributed by atoms with Crippen LogP contribution in [0.15, 0.2) is 24.3 Å². The largest absolute Gasteiger partial charge is 0.491 e. The van der Waals surface area contributed by atoms with Gasteiger partial charge in [-0.05, 0) is 49.8 Å². The number of hydrogen-bond donors (Lipinski definition) is 2. The van der Waals surface area contributed by atoms with E-state index in [4.69, 9.17) is 4.74 Å². The van der Waals surface area contributed by atoms with E-state index >= 15 is 0 Å². The molecule has 0 bridgehead atoms. The summed E-state index contributed by atoms with van der Waals surface area (Å²) in [6.07, 6.45) is 5.48. The summed E-state index contributed by atoms with van der Waals surface area (Å²) in [6.45, 7) is 5.30. The predicted molar refractivity (Wildman–Crippen MR) is 82.2 cm³/mol. The lowest BCUT2D eigenvalue weighted by molar-refractivity contribution is 0.0811. The summed E-state index contributed by atoms with van der Waals surface area (Å²) in [4.78, 5) is 0. The minimum absolute atomic E-state index is 0.282. The van der Waals surface area contributed by atoms with Gasteiger partial charge in [0.2, 0.25) is 0 Å². The molecule has 1 unspecified atom stereocenters. The summed E-state index contributed by atoms with van der Waals surface area (Å²) >= 11 is 0. The average molecular weight is 277 g/mol. The number of benzene rings is 1. The Balaban J connectivity index is 1.70. The highest BCUT2D eigenvalue weighted by molar-refractivity contribution is 5.27. The van der Waals surface area contributed by atoms with Gasteiger partial charge in [0.25, 0.3) is 0 Å². The number of β-amino-alcohol motifs (C(OH)–C–C–N with tert-alkyl or cyclic N) is 1. The second kappa shape index (κ2) is 7.09. The Morgan fingerprint density at radius 3 is 2.45 bits per heavy atom. The van der Waals surface area contributed by atoms with Gasteiger partial charge in [0.15, 0.2) is 0 Å². The smallest absolute Gasteiger partial charge is 0.119 e. The third-order valence-corrected chi connectivity index (χ3v) is 4.47. The van der Waals surface area contributed by atoms with Gasteiger partial charge in [0.05, 0.1) is 0 Å². The quantitative estimate of drug-likeness (QED) is 0.767. The molecule has 1 saturated carbocycles. The Bertz CT molecular complexity index is 392. The van der Waals surface area contributed by atoms with Crippen LogP contribution < -0.4 is 10.1 Å². The monoisotopic (exact) mass is 277 g/mol. The standard InChI is InChI=1S/C17H27NO2/c1-3-14-6-8-16(9-7-14)20-13-15(19)12-18-17(4-2)10-5-11-17/h6-9,15,18-19H,3-5,10-13H2,1-2H3. The molecule has 0 spiro atoms. The number of nitrogens with one attached hydrogen (secondary N) is 1. The van der Waals surface area contributed by atoms with Gasteiger partial charge in [-0.1, -0.05) is 26.0 Å². The third-order valence-electron chi connectivity index (χ3n) is 4.47. The first-order chi connectivity index (χ1) is 9.67. The van der Waals surface area contributed by atoms with Crippen LogP contribution in [0, 0.1) is 0 Å². The van der Waals surface area contributed by atoms with Gasteiger partial charge >= 0.3 is 0 Å². The normalized spacial score (nSPS) is 18.4. The molecule has 1 atom stereocenters. The predicted octanol–water partition coefficient (Wildman–Crippen LogP) is 2.91. The molecule has 1 fully saturated rings. The average Bonchev–Trinajstić information content (AvgIpc) is 2.45. The van der Waals surface area contributed by atoms with E-state index in [1.807, 2.05) is 12.1 Å². The SMILES string of the molecule is CCc1ccc(OCC(O)CNC2(CC)CCC2)cc1. The minimum Gasteiger partial charge on any atom is -0.491 e. The maximum absolute atomic E-state index is 10.0. The van der Waals surface area contributed by atoms with E-state index in [2.05, 4.69) is 31.3 Å². The zero-order valence-electron chi connectivity index (χ0n) is 12.7. The molecule has 3 heteroatoms. The molecule has 0 heterocycles. The van der Waals surface area contributed by atoms with Crippen molar-refractivity contribution in [1.82, 2.24) is 5.32 Å². The highest BCUT2D eigenvalue weighted by Crippen LogP contribution is 2.34. The molecule has 1 aliphatic carbocycles. The lowest BCUT2D eigenvalue weighted by Crippen LogP contribution is -2.53. The van der Waals surface area contributed by atoms with Crippen molar-refractivity contribution >= 4 is 0 Å². The fourth-order valence-electron chi connectivity index (χ4n) is 2.67. The number of aliphatic hydroxyl groups is 1. The van der Waals surface area contributed by atoms with Gasteiger partial charge in [-0.3, -0.25) is 0 Å². The number of aryl methyl sites for hydroxylation is 1. The van der Waals surface area contributed by atoms with Gasteiger partial charge in [0, 0.05) is 12.1 Å². The molecule has 1 aliphatic rings. The number of ether oxygens (including phenoxy) is 1. The minimum atomic E-state index is -0.454. The zero-order valence-corrected chi connectivity index (χ0v) is 12.7. The van der Waals surface area contributed by atoms with E-state index < -0.39 is 6.10 Å². The Labute approximate surface area is 122 Å². The van der Waals surface area contributed by atoms with Crippen molar-refractivity contribution in [2.75, 3.05) is 13.2 Å². The van der Waals surface area contributed by atoms with Crippen molar-refractivity contribution in [2.45, 2.75) is 57.6 Å². The molecule has 1 aromatic carbocycles. The molecule has 2 rings (SSSR count). The maximum atomic E-state index is 10.0. The molecule has 0 radical (unpaired) electrons. The van der Waals surface area contributed by atoms with E-state index in [0.29, 0.717) is 13.2 Å². The van der Waals surface area contributed by atoms with Crippen LogP contribution in [0.1, 0.15) is 45.1 Å². The highest BCUT2D eigenvalue weighted by Gasteiger charge is 2.34. The maximum Gasteiger partial charge on any atom is 0.119 e. The highest BCUT2D eigenvalue weighted by atomic mass is 16.5. The van der Waals surface area contributed by atoms with E-state index in [-0.39, 0.29) is 5.54 Å². The van der Waals surface area contributed by atoms with E-state index in [1.165, 1.54) is 24.8 Å². The first-order valence-electron chi connectivity index (χ1n) is 7.82. The van der Waals surface area contributed by atoms with E-state index in [1.54, 1.807) is 0 Å². The lowest BCUT2D eigenvalue weighted by atomic mass is 9.75. The van der Waals surface area contributed by atoms with Gasteiger partial charge in [-0.15, -0.1) is 0 Å². The van der Waals surface area contributed by atoms with Crippen LogP contribution in [-0.2, 0) is 6.42 Å². The van der Waals surface area contributed by atoms with Crippen molar-refractivity contribution in [2.24, 2.45) is 0 Å². The summed E-state index contributed by atoms with van der Waals surface area (Å²) in [7, 11) is 0. The second-order valence-corrected chi connectivity index (χ2v) is 5.83. The number of rotatable bonds is 8. The first-order valence-corrected chi connectivity index (χ1v) is 7.82. The van der Waals surface area contributed by atoms with Crippen molar-refractivity contribution in [1.29, 1.82) is 0 Å². The fraction of sp³-hybridized carbons (Fsp3) is 0.647. The van der Waals surface area contributed by atoms with Crippen LogP contribution in [0.4, 0.5) is 0 Å². The summed E-state index contributed by atoms with van der Waals surface area (Å²) in [5.41, 5.74) is 1.58. The topological polar surface area (TPSA) is 41.5 Å². The molecular formula is C17H27NO2. The number of aliphatic hydroxyl groups excluding tert-OH is 1. The Morgan fingerprint density at radius 2 is 1.95 bits per heavy atom. The summed E-state index contributed by atoms with van der Waals surface area (Å²) in [6, 6.07) is 8.08. The molecule has 3 nitrogen and oxygen atoms in total. The van der Waals surface area contributed by atoms with E-state index in [9.17, 15) is 5.11 Å². The molecule has 0 saturated heterocycles. The van der Waals surface area contributed by atoms with Crippen LogP contribution in [0.3, 0.4) is 0 Å². The Morgan fingerprint density at radius 1 is 1.25 bits per heavy atom. The van der Waals surface area contributed by atoms with Crippen LogP contribution >= 0.6 is 0 Å². The summed E-state index contributed by atoms with van der Waals surface area (Å²) < 4.78 is 5.63. The molecule has 20 heavy (non-hydrogen) atoms. The second-order valence-electron chi connectivity index (χ2n) is 5.83. The molecule has 2 N–H and O–H groups in total. The van der Waals surface area contributed by atoms with Crippen molar-refractivity contribution in [3.8, 4) is 5.75 Å². The van der Waals surface area contributed by atoms with Crippen molar-refractivity contribution in [3.63, 3.8) is 0 Å². The summed E-state index contributed by atoms with van der Waals surface area (Å²) in [5.74, 6) is 0.829. The summed E-state index contributed by atoms with van der Waals surface area (Å²) in [5, 5.41) is 13.5. The van der Waals surface area contributed by atoms with Crippen LogP contribution in [0.25, 0.3) is 0 Å². The molecule has 1 aromatic rings. The van der Waals surface area contributed by atoms with Gasteiger partial charge in [0.1, 0.15) is 18.5 Å². The lowest BCUT2D eigenvalue weighted by Gasteiger charge is -2.42.